The molecule has 158 valence electrons. The summed E-state index contributed by atoms with van der Waals surface area (Å²) in [5, 5.41) is 10.5. The molecule has 0 aliphatic rings. The van der Waals surface area contributed by atoms with E-state index in [0.29, 0.717) is 27.7 Å². The molecule has 0 aliphatic carbocycles. The molecule has 0 radical (unpaired) electrons. The molecule has 0 bridgehead atoms. The Morgan fingerprint density at radius 2 is 1.74 bits per heavy atom. The number of aryl methyl sites for hydroxylation is 1. The molecule has 6 heteroatoms. The molecule has 1 N–H and O–H groups in total. The summed E-state index contributed by atoms with van der Waals surface area (Å²) in [4.78, 5) is 16.3. The van der Waals surface area contributed by atoms with E-state index in [2.05, 4.69) is 11.5 Å². The number of unbranched alkanes of at least 4 members (excludes halogenated alkanes) is 1. The third kappa shape index (κ3) is 4.46. The maximum absolute atomic E-state index is 11.5. The fourth-order valence-electron chi connectivity index (χ4n) is 3.77. The number of carboxylic acids is 1. The van der Waals surface area contributed by atoms with Crippen LogP contribution in [0, 0.1) is 0 Å². The Bertz CT molecular complexity index is 1250. The Kier molecular flexibility index (Phi) is 6.30. The maximum atomic E-state index is 11.5. The summed E-state index contributed by atoms with van der Waals surface area (Å²) in [5.41, 5.74) is 4.77. The van der Waals surface area contributed by atoms with Crippen molar-refractivity contribution in [2.45, 2.75) is 32.7 Å². The highest BCUT2D eigenvalue weighted by Gasteiger charge is 2.14. The number of hydrogen-bond donors (Lipinski definition) is 1. The smallest absolute Gasteiger partial charge is 0.336 e. The molecule has 0 saturated carbocycles. The first-order valence-electron chi connectivity index (χ1n) is 10.2. The largest absolute Gasteiger partial charge is 0.478 e. The highest BCUT2D eigenvalue weighted by molar-refractivity contribution is 6.42. The number of hydrogen-bond acceptors (Lipinski definition) is 2. The molecular formula is C25H22Cl2N2O2. The van der Waals surface area contributed by atoms with Gasteiger partial charge in [-0.3, -0.25) is 0 Å². The van der Waals surface area contributed by atoms with Gasteiger partial charge in [0.15, 0.2) is 0 Å². The standard InChI is InChI=1S/C25H22Cl2N2O2/c1-2-3-8-24-28-22-13-20(26)21(27)14-23(22)29(24)15-16-9-11-17(12-10-16)18-6-4-5-7-19(18)25(30)31/h4-7,9-14H,2-3,8,15H2,1H3,(H,30,31). The zero-order valence-electron chi connectivity index (χ0n) is 17.1. The summed E-state index contributed by atoms with van der Waals surface area (Å²) in [6.45, 7) is 2.81. The summed E-state index contributed by atoms with van der Waals surface area (Å²) in [6.07, 6.45) is 3.02. The van der Waals surface area contributed by atoms with E-state index in [-0.39, 0.29) is 0 Å². The molecule has 0 aliphatic heterocycles. The average Bonchev–Trinajstić information content (AvgIpc) is 3.09. The number of rotatable bonds is 7. The van der Waals surface area contributed by atoms with Crippen LogP contribution in [0.2, 0.25) is 10.0 Å². The molecule has 4 aromatic rings. The van der Waals surface area contributed by atoms with Crippen molar-refractivity contribution in [1.82, 2.24) is 9.55 Å². The van der Waals surface area contributed by atoms with Gasteiger partial charge in [0.2, 0.25) is 0 Å². The van der Waals surface area contributed by atoms with Crippen LogP contribution in [0.3, 0.4) is 0 Å². The monoisotopic (exact) mass is 452 g/mol. The van der Waals surface area contributed by atoms with Gasteiger partial charge in [0.05, 0.1) is 26.6 Å². The molecule has 1 aromatic heterocycles. The van der Waals surface area contributed by atoms with E-state index in [9.17, 15) is 9.90 Å². The molecule has 0 amide bonds. The molecule has 0 spiro atoms. The minimum absolute atomic E-state index is 0.296. The second kappa shape index (κ2) is 9.13. The lowest BCUT2D eigenvalue weighted by molar-refractivity contribution is 0.0697. The van der Waals surface area contributed by atoms with Crippen LogP contribution in [0.25, 0.3) is 22.2 Å². The van der Waals surface area contributed by atoms with Crippen LogP contribution in [0.1, 0.15) is 41.5 Å². The Morgan fingerprint density at radius 3 is 2.45 bits per heavy atom. The van der Waals surface area contributed by atoms with Crippen LogP contribution < -0.4 is 0 Å². The summed E-state index contributed by atoms with van der Waals surface area (Å²) >= 11 is 12.5. The molecular weight excluding hydrogens is 431 g/mol. The Balaban J connectivity index is 1.69. The fourth-order valence-corrected chi connectivity index (χ4v) is 4.08. The van der Waals surface area contributed by atoms with Crippen molar-refractivity contribution in [2.75, 3.05) is 0 Å². The van der Waals surface area contributed by atoms with Gasteiger partial charge in [-0.25, -0.2) is 9.78 Å². The highest BCUT2D eigenvalue weighted by atomic mass is 35.5. The predicted molar refractivity (Wildman–Crippen MR) is 126 cm³/mol. The van der Waals surface area contributed by atoms with Crippen molar-refractivity contribution in [3.05, 3.63) is 87.7 Å². The van der Waals surface area contributed by atoms with Gasteiger partial charge in [-0.05, 0) is 41.3 Å². The molecule has 0 atom stereocenters. The molecule has 1 heterocycles. The zero-order chi connectivity index (χ0) is 22.0. The van der Waals surface area contributed by atoms with Gasteiger partial charge in [-0.15, -0.1) is 0 Å². The Hall–Kier alpha value is -2.82. The van der Waals surface area contributed by atoms with Gasteiger partial charge >= 0.3 is 5.97 Å². The number of nitrogens with zero attached hydrogens (tertiary/aromatic N) is 2. The predicted octanol–water partition coefficient (Wildman–Crippen LogP) is 7.10. The summed E-state index contributed by atoms with van der Waals surface area (Å²) in [5.74, 6) is 0.0798. The van der Waals surface area contributed by atoms with Crippen molar-refractivity contribution in [2.24, 2.45) is 0 Å². The molecule has 4 nitrogen and oxygen atoms in total. The van der Waals surface area contributed by atoms with Gasteiger partial charge < -0.3 is 9.67 Å². The first-order chi connectivity index (χ1) is 15.0. The number of aromatic nitrogens is 2. The van der Waals surface area contributed by atoms with Crippen LogP contribution in [0.15, 0.2) is 60.7 Å². The molecule has 4 rings (SSSR count). The Labute approximate surface area is 191 Å². The van der Waals surface area contributed by atoms with E-state index in [0.717, 1.165) is 47.2 Å². The zero-order valence-corrected chi connectivity index (χ0v) is 18.6. The van der Waals surface area contributed by atoms with Gasteiger partial charge in [-0.1, -0.05) is 79.0 Å². The number of halogens is 2. The van der Waals surface area contributed by atoms with E-state index in [4.69, 9.17) is 28.2 Å². The van der Waals surface area contributed by atoms with Crippen molar-refractivity contribution >= 4 is 40.2 Å². The Morgan fingerprint density at radius 1 is 1.03 bits per heavy atom. The highest BCUT2D eigenvalue weighted by Crippen LogP contribution is 2.30. The maximum Gasteiger partial charge on any atom is 0.336 e. The number of aromatic carboxylic acids is 1. The van der Waals surface area contributed by atoms with E-state index >= 15 is 0 Å². The summed E-state index contributed by atoms with van der Waals surface area (Å²) < 4.78 is 2.19. The van der Waals surface area contributed by atoms with Crippen LogP contribution in [-0.2, 0) is 13.0 Å². The minimum Gasteiger partial charge on any atom is -0.478 e. The summed E-state index contributed by atoms with van der Waals surface area (Å²) in [6, 6.07) is 18.7. The lowest BCUT2D eigenvalue weighted by Crippen LogP contribution is -2.05. The molecule has 0 saturated heterocycles. The van der Waals surface area contributed by atoms with Crippen molar-refractivity contribution in [3.63, 3.8) is 0 Å². The number of carbonyl (C=O) groups is 1. The number of benzene rings is 3. The quantitative estimate of drug-likeness (QED) is 0.325. The van der Waals surface area contributed by atoms with E-state index in [1.165, 1.54) is 0 Å². The number of imidazole rings is 1. The fraction of sp³-hybridized carbons (Fsp3) is 0.200. The first kappa shape index (κ1) is 21.4. The van der Waals surface area contributed by atoms with E-state index in [1.807, 2.05) is 48.5 Å². The van der Waals surface area contributed by atoms with E-state index in [1.54, 1.807) is 12.1 Å². The lowest BCUT2D eigenvalue weighted by atomic mass is 9.99. The van der Waals surface area contributed by atoms with Crippen LogP contribution in [0.5, 0.6) is 0 Å². The van der Waals surface area contributed by atoms with Gasteiger partial charge in [0.1, 0.15) is 5.82 Å². The third-order valence-corrected chi connectivity index (χ3v) is 6.11. The number of carboxylic acid groups (broad SMARTS) is 1. The lowest BCUT2D eigenvalue weighted by Gasteiger charge is -2.11. The minimum atomic E-state index is -0.930. The van der Waals surface area contributed by atoms with Crippen molar-refractivity contribution < 1.29 is 9.90 Å². The topological polar surface area (TPSA) is 55.1 Å². The normalized spacial score (nSPS) is 11.2. The summed E-state index contributed by atoms with van der Waals surface area (Å²) in [7, 11) is 0. The number of fused-ring (bicyclic) bond motifs is 1. The van der Waals surface area contributed by atoms with Gasteiger partial charge in [0, 0.05) is 13.0 Å². The van der Waals surface area contributed by atoms with Gasteiger partial charge in [0.25, 0.3) is 0 Å². The second-order valence-electron chi connectivity index (χ2n) is 7.52. The van der Waals surface area contributed by atoms with Crippen molar-refractivity contribution in [3.8, 4) is 11.1 Å². The molecule has 31 heavy (non-hydrogen) atoms. The first-order valence-corrected chi connectivity index (χ1v) is 11.0. The van der Waals surface area contributed by atoms with Crippen LogP contribution in [0.4, 0.5) is 0 Å². The average molecular weight is 453 g/mol. The van der Waals surface area contributed by atoms with Gasteiger partial charge in [-0.2, -0.15) is 0 Å². The van der Waals surface area contributed by atoms with E-state index < -0.39 is 5.97 Å². The molecule has 0 fully saturated rings. The van der Waals surface area contributed by atoms with Crippen molar-refractivity contribution in [1.29, 1.82) is 0 Å². The molecule has 3 aromatic carbocycles. The van der Waals surface area contributed by atoms with Crippen LogP contribution >= 0.6 is 23.2 Å². The third-order valence-electron chi connectivity index (χ3n) is 5.39. The van der Waals surface area contributed by atoms with Crippen LogP contribution in [-0.4, -0.2) is 20.6 Å². The molecule has 0 unspecified atom stereocenters. The SMILES string of the molecule is CCCCc1nc2cc(Cl)c(Cl)cc2n1Cc1ccc(-c2ccccc2C(=O)O)cc1. The second-order valence-corrected chi connectivity index (χ2v) is 8.33.